The Kier molecular flexibility index (Phi) is 4.54. The third-order valence-corrected chi connectivity index (χ3v) is 5.73. The van der Waals surface area contributed by atoms with Gasteiger partial charge < -0.3 is 14.4 Å². The number of nitrogens with zero attached hydrogens (tertiary/aromatic N) is 3. The van der Waals surface area contributed by atoms with Gasteiger partial charge in [0.1, 0.15) is 11.3 Å². The highest BCUT2D eigenvalue weighted by atomic mass is 32.1. The lowest BCUT2D eigenvalue weighted by Gasteiger charge is -2.49. The maximum atomic E-state index is 12.5. The summed E-state index contributed by atoms with van der Waals surface area (Å²) in [6, 6.07) is 3.92. The summed E-state index contributed by atoms with van der Waals surface area (Å²) in [5.74, 6) is 0.325. The summed E-state index contributed by atoms with van der Waals surface area (Å²) in [6.07, 6.45) is 4.55. The minimum absolute atomic E-state index is 0.000466. The van der Waals surface area contributed by atoms with Gasteiger partial charge in [0.15, 0.2) is 0 Å². The Bertz CT molecular complexity index is 743. The molecule has 1 spiro atoms. The monoisotopic (exact) mass is 359 g/mol. The molecule has 0 saturated carbocycles. The molecular weight excluding hydrogens is 338 g/mol. The molecule has 1 amide bonds. The molecule has 2 aromatic heterocycles. The van der Waals surface area contributed by atoms with Crippen molar-refractivity contribution in [2.24, 2.45) is 5.92 Å². The van der Waals surface area contributed by atoms with Crippen LogP contribution in [0.25, 0.3) is 0 Å². The normalized spacial score (nSPS) is 21.5. The van der Waals surface area contributed by atoms with Gasteiger partial charge in [0, 0.05) is 30.3 Å². The molecule has 4 rings (SSSR count). The quantitative estimate of drug-likeness (QED) is 0.820. The SMILES string of the molecule is Cc1nc(C(=O)N2CC3(C2)OCCC3COCc2cccnc2)cs1. The highest BCUT2D eigenvalue weighted by molar-refractivity contribution is 7.09. The standard InChI is InChI=1S/C18H21N3O3S/c1-13-20-16(10-25-13)17(22)21-11-18(12-21)15(4-6-24-18)9-23-8-14-3-2-5-19-7-14/h2-3,5,7,10,15H,4,6,8-9,11-12H2,1H3. The van der Waals surface area contributed by atoms with Crippen molar-refractivity contribution in [3.8, 4) is 0 Å². The summed E-state index contributed by atoms with van der Waals surface area (Å²) in [5, 5.41) is 2.74. The number of rotatable bonds is 5. The lowest BCUT2D eigenvalue weighted by atomic mass is 9.81. The van der Waals surface area contributed by atoms with Crippen LogP contribution < -0.4 is 0 Å². The predicted molar refractivity (Wildman–Crippen MR) is 93.4 cm³/mol. The minimum atomic E-state index is -0.240. The van der Waals surface area contributed by atoms with Crippen LogP contribution in [0, 0.1) is 12.8 Å². The van der Waals surface area contributed by atoms with Crippen molar-refractivity contribution in [2.75, 3.05) is 26.3 Å². The first-order valence-electron chi connectivity index (χ1n) is 8.48. The van der Waals surface area contributed by atoms with Gasteiger partial charge in [0.25, 0.3) is 5.91 Å². The van der Waals surface area contributed by atoms with E-state index in [1.165, 1.54) is 11.3 Å². The van der Waals surface area contributed by atoms with E-state index in [4.69, 9.17) is 9.47 Å². The summed E-state index contributed by atoms with van der Waals surface area (Å²) in [6.45, 7) is 5.11. The van der Waals surface area contributed by atoms with E-state index in [1.54, 1.807) is 6.20 Å². The molecule has 7 heteroatoms. The largest absolute Gasteiger partial charge is 0.376 e. The first-order valence-corrected chi connectivity index (χ1v) is 9.36. The maximum Gasteiger partial charge on any atom is 0.273 e. The summed E-state index contributed by atoms with van der Waals surface area (Å²) >= 11 is 1.50. The van der Waals surface area contributed by atoms with Crippen molar-refractivity contribution in [3.63, 3.8) is 0 Å². The molecule has 1 atom stereocenters. The minimum Gasteiger partial charge on any atom is -0.376 e. The van der Waals surface area contributed by atoms with Crippen LogP contribution in [0.15, 0.2) is 29.9 Å². The molecule has 4 heterocycles. The van der Waals surface area contributed by atoms with Crippen molar-refractivity contribution in [1.29, 1.82) is 0 Å². The van der Waals surface area contributed by atoms with Crippen molar-refractivity contribution in [3.05, 3.63) is 46.2 Å². The van der Waals surface area contributed by atoms with E-state index in [0.29, 0.717) is 37.9 Å². The number of ether oxygens (including phenoxy) is 2. The van der Waals surface area contributed by atoms with E-state index in [-0.39, 0.29) is 11.5 Å². The second kappa shape index (κ2) is 6.82. The molecule has 0 N–H and O–H groups in total. The number of pyridine rings is 1. The Morgan fingerprint density at radius 1 is 1.52 bits per heavy atom. The molecule has 2 fully saturated rings. The highest BCUT2D eigenvalue weighted by Crippen LogP contribution is 2.40. The third kappa shape index (κ3) is 3.31. The van der Waals surface area contributed by atoms with Gasteiger partial charge in [-0.15, -0.1) is 11.3 Å². The van der Waals surface area contributed by atoms with Gasteiger partial charge in [0.05, 0.1) is 31.3 Å². The molecule has 0 bridgehead atoms. The van der Waals surface area contributed by atoms with Gasteiger partial charge >= 0.3 is 0 Å². The Hall–Kier alpha value is -1.83. The highest BCUT2D eigenvalue weighted by Gasteiger charge is 2.54. The van der Waals surface area contributed by atoms with Gasteiger partial charge in [-0.25, -0.2) is 4.98 Å². The Labute approximate surface area is 150 Å². The van der Waals surface area contributed by atoms with E-state index in [9.17, 15) is 4.79 Å². The molecule has 25 heavy (non-hydrogen) atoms. The van der Waals surface area contributed by atoms with Gasteiger partial charge in [-0.2, -0.15) is 0 Å². The topological polar surface area (TPSA) is 64.6 Å². The molecule has 0 aromatic carbocycles. The van der Waals surface area contributed by atoms with Crippen LogP contribution in [0.4, 0.5) is 0 Å². The molecule has 0 radical (unpaired) electrons. The van der Waals surface area contributed by atoms with Crippen LogP contribution in [0.2, 0.25) is 0 Å². The molecule has 2 saturated heterocycles. The molecular formula is C18H21N3O3S. The Balaban J connectivity index is 1.31. The first-order chi connectivity index (χ1) is 12.2. The van der Waals surface area contributed by atoms with E-state index < -0.39 is 0 Å². The summed E-state index contributed by atoms with van der Waals surface area (Å²) in [4.78, 5) is 22.7. The Morgan fingerprint density at radius 2 is 2.40 bits per heavy atom. The van der Waals surface area contributed by atoms with Gasteiger partial charge in [-0.1, -0.05) is 6.07 Å². The fourth-order valence-electron chi connectivity index (χ4n) is 3.54. The van der Waals surface area contributed by atoms with E-state index in [0.717, 1.165) is 23.6 Å². The number of likely N-dealkylation sites (tertiary alicyclic amines) is 1. The molecule has 2 aliphatic rings. The van der Waals surface area contributed by atoms with Crippen LogP contribution in [0.3, 0.4) is 0 Å². The number of hydrogen-bond acceptors (Lipinski definition) is 6. The zero-order valence-corrected chi connectivity index (χ0v) is 15.0. The smallest absolute Gasteiger partial charge is 0.273 e. The second-order valence-corrected chi connectivity index (χ2v) is 7.75. The zero-order chi connectivity index (χ0) is 17.3. The summed E-state index contributed by atoms with van der Waals surface area (Å²) < 4.78 is 11.9. The fourth-order valence-corrected chi connectivity index (χ4v) is 4.13. The number of aromatic nitrogens is 2. The summed E-state index contributed by atoms with van der Waals surface area (Å²) in [7, 11) is 0. The lowest BCUT2D eigenvalue weighted by molar-refractivity contribution is -0.129. The molecule has 0 aliphatic carbocycles. The van der Waals surface area contributed by atoms with Crippen molar-refractivity contribution >= 4 is 17.2 Å². The molecule has 2 aromatic rings. The third-order valence-electron chi connectivity index (χ3n) is 4.95. The number of hydrogen-bond donors (Lipinski definition) is 0. The van der Waals surface area contributed by atoms with Crippen LogP contribution in [0.5, 0.6) is 0 Å². The number of carbonyl (C=O) groups excluding carboxylic acids is 1. The summed E-state index contributed by atoms with van der Waals surface area (Å²) in [5.41, 5.74) is 1.37. The number of carbonyl (C=O) groups is 1. The molecule has 1 unspecified atom stereocenters. The Morgan fingerprint density at radius 3 is 3.12 bits per heavy atom. The maximum absolute atomic E-state index is 12.5. The van der Waals surface area contributed by atoms with Crippen molar-refractivity contribution < 1.29 is 14.3 Å². The number of amides is 1. The number of aryl methyl sites for hydroxylation is 1. The fraction of sp³-hybridized carbons (Fsp3) is 0.500. The second-order valence-electron chi connectivity index (χ2n) is 6.69. The van der Waals surface area contributed by atoms with Crippen LogP contribution in [0.1, 0.15) is 27.5 Å². The molecule has 2 aliphatic heterocycles. The van der Waals surface area contributed by atoms with Crippen LogP contribution in [-0.2, 0) is 16.1 Å². The molecule has 6 nitrogen and oxygen atoms in total. The number of thiazole rings is 1. The average molecular weight is 359 g/mol. The van der Waals surface area contributed by atoms with Crippen molar-refractivity contribution in [1.82, 2.24) is 14.9 Å². The average Bonchev–Trinajstić information content (AvgIpc) is 3.20. The van der Waals surface area contributed by atoms with Crippen molar-refractivity contribution in [2.45, 2.75) is 25.6 Å². The van der Waals surface area contributed by atoms with Gasteiger partial charge in [-0.05, 0) is 25.0 Å². The van der Waals surface area contributed by atoms with Crippen LogP contribution in [-0.4, -0.2) is 52.7 Å². The van der Waals surface area contributed by atoms with Gasteiger partial charge in [0.2, 0.25) is 0 Å². The molecule has 132 valence electrons. The van der Waals surface area contributed by atoms with E-state index in [2.05, 4.69) is 9.97 Å². The predicted octanol–water partition coefficient (Wildman–Crippen LogP) is 2.29. The van der Waals surface area contributed by atoms with Crippen LogP contribution >= 0.6 is 11.3 Å². The zero-order valence-electron chi connectivity index (χ0n) is 14.2. The van der Waals surface area contributed by atoms with E-state index in [1.807, 2.05) is 35.5 Å². The van der Waals surface area contributed by atoms with Gasteiger partial charge in [-0.3, -0.25) is 9.78 Å². The van der Waals surface area contributed by atoms with E-state index >= 15 is 0 Å². The first kappa shape index (κ1) is 16.6. The lowest BCUT2D eigenvalue weighted by Crippen LogP contribution is -2.66.